The Balaban J connectivity index is 2.11. The zero-order chi connectivity index (χ0) is 20.9. The van der Waals surface area contributed by atoms with Gasteiger partial charge in [0.05, 0.1) is 36.4 Å². The molecule has 9 nitrogen and oxygen atoms in total. The molecule has 2 rings (SSSR count). The number of nitrogens with zero attached hydrogens (tertiary/aromatic N) is 1. The number of hydrogen-bond donors (Lipinski definition) is 0. The molecule has 0 aliphatic carbocycles. The van der Waals surface area contributed by atoms with Crippen molar-refractivity contribution >= 4 is 37.9 Å². The molecule has 0 spiro atoms. The molecular formula is C16H20ClNO8S2. The Kier molecular flexibility index (Phi) is 7.46. The molecule has 28 heavy (non-hydrogen) atoms. The highest BCUT2D eigenvalue weighted by Gasteiger charge is 2.39. The molecule has 0 N–H and O–H groups in total. The molecule has 1 aliphatic heterocycles. The first-order chi connectivity index (χ1) is 13.0. The Morgan fingerprint density at radius 3 is 2.50 bits per heavy atom. The second-order valence-corrected chi connectivity index (χ2v) is 9.67. The lowest BCUT2D eigenvalue weighted by atomic mass is 10.2. The summed E-state index contributed by atoms with van der Waals surface area (Å²) in [5.41, 5.74) is 0. The van der Waals surface area contributed by atoms with Gasteiger partial charge < -0.3 is 9.64 Å². The maximum atomic E-state index is 12.3. The average Bonchev–Trinajstić information content (AvgIpc) is 2.99. The highest BCUT2D eigenvalue weighted by atomic mass is 35.5. The average molecular weight is 454 g/mol. The van der Waals surface area contributed by atoms with E-state index in [4.69, 9.17) is 24.7 Å². The van der Waals surface area contributed by atoms with E-state index >= 15 is 0 Å². The minimum Gasteiger partial charge on any atom is -0.445 e. The Bertz CT molecular complexity index is 914. The van der Waals surface area contributed by atoms with Crippen LogP contribution in [0.15, 0.2) is 41.8 Å². The molecule has 0 aromatic heterocycles. The molecule has 0 radical (unpaired) electrons. The number of carbonyl (C=O) groups is 1. The van der Waals surface area contributed by atoms with Crippen molar-refractivity contribution in [1.82, 2.24) is 4.90 Å². The van der Waals surface area contributed by atoms with Crippen LogP contribution in [-0.2, 0) is 33.3 Å². The standard InChI is InChI=1S/C16H20ClNO8S2/c1-3-8-24-16(19)18-10-14(26-27(2,20)21)9-13(18)11-25-28(22,23)15-6-4-12(17)5-7-15/h3-7,13-14H,1,8-11H2,2H3/t13-,14+/m0/s1. The summed E-state index contributed by atoms with van der Waals surface area (Å²) in [6.45, 7) is 2.91. The molecule has 1 heterocycles. The Labute approximate surface area is 169 Å². The number of ether oxygens (including phenoxy) is 1. The van der Waals surface area contributed by atoms with Gasteiger partial charge in [-0.25, -0.2) is 4.79 Å². The minimum atomic E-state index is -4.10. The van der Waals surface area contributed by atoms with Crippen LogP contribution in [0.4, 0.5) is 4.79 Å². The van der Waals surface area contributed by atoms with Gasteiger partial charge in [0.2, 0.25) is 0 Å². The predicted molar refractivity (Wildman–Crippen MR) is 101 cm³/mol. The topological polar surface area (TPSA) is 116 Å². The third-order valence-electron chi connectivity index (χ3n) is 3.76. The number of likely N-dealkylation sites (tertiary alicyclic amines) is 1. The Morgan fingerprint density at radius 2 is 1.93 bits per heavy atom. The molecule has 0 unspecified atom stereocenters. The summed E-state index contributed by atoms with van der Waals surface area (Å²) in [4.78, 5) is 13.3. The van der Waals surface area contributed by atoms with Crippen LogP contribution in [0.1, 0.15) is 6.42 Å². The highest BCUT2D eigenvalue weighted by molar-refractivity contribution is 7.86. The van der Waals surface area contributed by atoms with E-state index in [0.717, 1.165) is 6.26 Å². The van der Waals surface area contributed by atoms with Crippen LogP contribution in [0.5, 0.6) is 0 Å². The number of halogens is 1. The molecule has 1 aromatic carbocycles. The monoisotopic (exact) mass is 453 g/mol. The van der Waals surface area contributed by atoms with Crippen molar-refractivity contribution in [3.63, 3.8) is 0 Å². The normalized spacial score (nSPS) is 20.1. The summed E-state index contributed by atoms with van der Waals surface area (Å²) in [6, 6.07) is 4.63. The van der Waals surface area contributed by atoms with Crippen molar-refractivity contribution in [2.24, 2.45) is 0 Å². The van der Waals surface area contributed by atoms with Crippen molar-refractivity contribution in [2.45, 2.75) is 23.5 Å². The van der Waals surface area contributed by atoms with Gasteiger partial charge in [0, 0.05) is 5.02 Å². The van der Waals surface area contributed by atoms with Gasteiger partial charge in [0.15, 0.2) is 0 Å². The molecule has 1 aromatic rings. The van der Waals surface area contributed by atoms with Crippen LogP contribution in [0.2, 0.25) is 5.02 Å². The zero-order valence-electron chi connectivity index (χ0n) is 15.0. The van der Waals surface area contributed by atoms with Gasteiger partial charge in [-0.3, -0.25) is 8.37 Å². The van der Waals surface area contributed by atoms with Crippen molar-refractivity contribution in [3.8, 4) is 0 Å². The van der Waals surface area contributed by atoms with Crippen molar-refractivity contribution in [1.29, 1.82) is 0 Å². The summed E-state index contributed by atoms with van der Waals surface area (Å²) < 4.78 is 62.3. The van der Waals surface area contributed by atoms with E-state index in [1.54, 1.807) is 0 Å². The largest absolute Gasteiger partial charge is 0.445 e. The first kappa shape index (κ1) is 22.6. The lowest BCUT2D eigenvalue weighted by Crippen LogP contribution is -2.39. The van der Waals surface area contributed by atoms with Gasteiger partial charge in [-0.2, -0.15) is 16.8 Å². The summed E-state index contributed by atoms with van der Waals surface area (Å²) >= 11 is 5.74. The third-order valence-corrected chi connectivity index (χ3v) is 5.93. The van der Waals surface area contributed by atoms with E-state index in [1.165, 1.54) is 35.2 Å². The fourth-order valence-electron chi connectivity index (χ4n) is 2.62. The SMILES string of the molecule is C=CCOC(=O)N1C[C@H](OS(C)(=O)=O)C[C@H]1COS(=O)(=O)c1ccc(Cl)cc1. The Hall–Kier alpha value is -1.66. The van der Waals surface area contributed by atoms with E-state index < -0.39 is 45.1 Å². The highest BCUT2D eigenvalue weighted by Crippen LogP contribution is 2.25. The predicted octanol–water partition coefficient (Wildman–Crippen LogP) is 1.79. The number of carbonyl (C=O) groups excluding carboxylic acids is 1. The smallest absolute Gasteiger partial charge is 0.410 e. The summed E-state index contributed by atoms with van der Waals surface area (Å²) in [5.74, 6) is 0. The van der Waals surface area contributed by atoms with Gasteiger partial charge in [-0.05, 0) is 30.7 Å². The van der Waals surface area contributed by atoms with Crippen LogP contribution >= 0.6 is 11.6 Å². The summed E-state index contributed by atoms with van der Waals surface area (Å²) in [6.07, 6.45) is 0.735. The molecule has 1 fully saturated rings. The third kappa shape index (κ3) is 6.45. The van der Waals surface area contributed by atoms with Gasteiger partial charge in [-0.15, -0.1) is 0 Å². The van der Waals surface area contributed by atoms with Crippen LogP contribution in [0.25, 0.3) is 0 Å². The molecule has 1 aliphatic rings. The van der Waals surface area contributed by atoms with Crippen molar-refractivity contribution in [3.05, 3.63) is 41.9 Å². The number of rotatable bonds is 8. The first-order valence-corrected chi connectivity index (χ1v) is 11.7. The molecule has 1 amide bonds. The van der Waals surface area contributed by atoms with Gasteiger partial charge >= 0.3 is 6.09 Å². The maximum Gasteiger partial charge on any atom is 0.410 e. The van der Waals surface area contributed by atoms with Gasteiger partial charge in [-0.1, -0.05) is 24.3 Å². The summed E-state index contributed by atoms with van der Waals surface area (Å²) in [7, 11) is -7.85. The minimum absolute atomic E-state index is 0.0520. The molecule has 0 saturated carbocycles. The summed E-state index contributed by atoms with van der Waals surface area (Å²) in [5, 5.41) is 0.367. The van der Waals surface area contributed by atoms with E-state index in [1.807, 2.05) is 0 Å². The van der Waals surface area contributed by atoms with Crippen molar-refractivity contribution in [2.75, 3.05) is 26.0 Å². The number of amides is 1. The number of hydrogen-bond acceptors (Lipinski definition) is 8. The fourth-order valence-corrected chi connectivity index (χ4v) is 4.32. The molecule has 1 saturated heterocycles. The maximum absolute atomic E-state index is 12.3. The quantitative estimate of drug-likeness (QED) is 0.432. The van der Waals surface area contributed by atoms with E-state index in [-0.39, 0.29) is 24.5 Å². The van der Waals surface area contributed by atoms with E-state index in [0.29, 0.717) is 5.02 Å². The fraction of sp³-hybridized carbons (Fsp3) is 0.438. The zero-order valence-corrected chi connectivity index (χ0v) is 17.4. The van der Waals surface area contributed by atoms with E-state index in [2.05, 4.69) is 6.58 Å². The molecule has 12 heteroatoms. The number of benzene rings is 1. The second kappa shape index (κ2) is 9.23. The van der Waals surface area contributed by atoms with Gasteiger partial charge in [0.1, 0.15) is 6.61 Å². The lowest BCUT2D eigenvalue weighted by Gasteiger charge is -2.23. The van der Waals surface area contributed by atoms with Gasteiger partial charge in [0.25, 0.3) is 20.2 Å². The first-order valence-electron chi connectivity index (χ1n) is 8.09. The van der Waals surface area contributed by atoms with Crippen LogP contribution in [-0.4, -0.2) is 66.0 Å². The second-order valence-electron chi connectivity index (χ2n) is 6.02. The Morgan fingerprint density at radius 1 is 1.29 bits per heavy atom. The molecular weight excluding hydrogens is 434 g/mol. The van der Waals surface area contributed by atoms with E-state index in [9.17, 15) is 21.6 Å². The van der Waals surface area contributed by atoms with Crippen LogP contribution < -0.4 is 0 Å². The van der Waals surface area contributed by atoms with Crippen LogP contribution in [0, 0.1) is 0 Å². The molecule has 2 atom stereocenters. The molecule has 156 valence electrons. The van der Waals surface area contributed by atoms with Crippen LogP contribution in [0.3, 0.4) is 0 Å². The molecule has 0 bridgehead atoms. The lowest BCUT2D eigenvalue weighted by molar-refractivity contribution is 0.0946. The van der Waals surface area contributed by atoms with Crippen molar-refractivity contribution < 1.29 is 34.7 Å².